The molecule has 102 valence electrons. The molecular weight excluding hydrogens is 256 g/mol. The average molecular weight is 276 g/mol. The van der Waals surface area contributed by atoms with Gasteiger partial charge in [-0.2, -0.15) is 0 Å². The lowest BCUT2D eigenvalue weighted by molar-refractivity contribution is 0.485. The molecular formula is C15H20N2OS. The molecule has 2 rings (SSSR count). The molecule has 4 heteroatoms. The van der Waals surface area contributed by atoms with Crippen LogP contribution >= 0.6 is 11.8 Å². The lowest BCUT2D eigenvalue weighted by Crippen LogP contribution is -2.11. The van der Waals surface area contributed by atoms with E-state index in [1.807, 2.05) is 6.92 Å². The minimum absolute atomic E-state index is 0.171. The highest BCUT2D eigenvalue weighted by Crippen LogP contribution is 2.31. The van der Waals surface area contributed by atoms with E-state index < -0.39 is 0 Å². The molecule has 0 saturated carbocycles. The molecule has 0 atom stereocenters. The summed E-state index contributed by atoms with van der Waals surface area (Å²) < 4.78 is 5.40. The van der Waals surface area contributed by atoms with E-state index in [4.69, 9.17) is 4.42 Å². The van der Waals surface area contributed by atoms with Gasteiger partial charge in [0, 0.05) is 11.8 Å². The van der Waals surface area contributed by atoms with Gasteiger partial charge in [0.15, 0.2) is 0 Å². The van der Waals surface area contributed by atoms with Crippen molar-refractivity contribution in [1.82, 2.24) is 10.2 Å². The largest absolute Gasteiger partial charge is 0.425 e. The molecule has 3 nitrogen and oxygen atoms in total. The van der Waals surface area contributed by atoms with Gasteiger partial charge in [-0.3, -0.25) is 0 Å². The van der Waals surface area contributed by atoms with Gasteiger partial charge in [-0.05, 0) is 29.5 Å². The number of hydrogen-bond acceptors (Lipinski definition) is 4. The van der Waals surface area contributed by atoms with Crippen LogP contribution in [0.2, 0.25) is 0 Å². The number of aryl methyl sites for hydroxylation is 2. The van der Waals surface area contributed by atoms with E-state index in [0.717, 1.165) is 5.75 Å². The first-order valence-corrected chi connectivity index (χ1v) is 7.38. The van der Waals surface area contributed by atoms with E-state index >= 15 is 0 Å². The van der Waals surface area contributed by atoms with Gasteiger partial charge in [0.2, 0.25) is 11.8 Å². The third kappa shape index (κ3) is 3.60. The Morgan fingerprint density at radius 1 is 1.16 bits per heavy atom. The summed E-state index contributed by atoms with van der Waals surface area (Å²) in [7, 11) is 0. The van der Waals surface area contributed by atoms with Gasteiger partial charge in [-0.1, -0.05) is 32.9 Å². The molecule has 0 aliphatic rings. The molecule has 0 amide bonds. The van der Waals surface area contributed by atoms with E-state index in [9.17, 15) is 0 Å². The number of hydrogen-bond donors (Lipinski definition) is 0. The maximum Gasteiger partial charge on any atom is 0.226 e. The molecule has 19 heavy (non-hydrogen) atoms. The predicted octanol–water partition coefficient (Wildman–Crippen LogP) is 4.28. The van der Waals surface area contributed by atoms with Crippen molar-refractivity contribution in [3.8, 4) is 0 Å². The smallest absolute Gasteiger partial charge is 0.226 e. The van der Waals surface area contributed by atoms with Crippen molar-refractivity contribution in [2.45, 2.75) is 50.7 Å². The van der Waals surface area contributed by atoms with Gasteiger partial charge in [0.25, 0.3) is 0 Å². The summed E-state index contributed by atoms with van der Waals surface area (Å²) in [6, 6.07) is 6.65. The first-order chi connectivity index (χ1) is 8.86. The summed E-state index contributed by atoms with van der Waals surface area (Å²) in [6.45, 7) is 10.6. The minimum atomic E-state index is 0.171. The summed E-state index contributed by atoms with van der Waals surface area (Å²) in [5, 5.41) is 7.87. The molecule has 1 aromatic heterocycles. The van der Waals surface area contributed by atoms with Gasteiger partial charge in [-0.25, -0.2) is 0 Å². The van der Waals surface area contributed by atoms with Crippen LogP contribution in [0.15, 0.2) is 27.5 Å². The van der Waals surface area contributed by atoms with Gasteiger partial charge in [-0.15, -0.1) is 22.0 Å². The fraction of sp³-hybridized carbons (Fsp3) is 0.467. The van der Waals surface area contributed by atoms with Crippen LogP contribution in [0, 0.1) is 13.8 Å². The molecule has 0 aliphatic heterocycles. The van der Waals surface area contributed by atoms with E-state index in [-0.39, 0.29) is 5.41 Å². The second-order valence-corrected chi connectivity index (χ2v) is 6.75. The number of benzene rings is 1. The summed E-state index contributed by atoms with van der Waals surface area (Å²) in [5.74, 6) is 2.02. The van der Waals surface area contributed by atoms with Crippen LogP contribution in [-0.2, 0) is 11.2 Å². The van der Waals surface area contributed by atoms with Crippen molar-refractivity contribution in [3.05, 3.63) is 41.1 Å². The molecule has 0 radical (unpaired) electrons. The standard InChI is InChI=1S/C15H20N2OS/c1-10-6-7-12(15(3,4)5)8-13(10)19-9-14-17-16-11(2)18-14/h6-8H,9H2,1-5H3. The maximum atomic E-state index is 5.40. The lowest BCUT2D eigenvalue weighted by atomic mass is 9.87. The maximum absolute atomic E-state index is 5.40. The topological polar surface area (TPSA) is 38.9 Å². The molecule has 0 saturated heterocycles. The molecule has 1 heterocycles. The van der Waals surface area contributed by atoms with Crippen LogP contribution in [0.4, 0.5) is 0 Å². The number of nitrogens with zero attached hydrogens (tertiary/aromatic N) is 2. The Balaban J connectivity index is 2.15. The van der Waals surface area contributed by atoms with Crippen molar-refractivity contribution in [2.24, 2.45) is 0 Å². The molecule has 1 aromatic carbocycles. The van der Waals surface area contributed by atoms with Gasteiger partial charge in [0.05, 0.1) is 5.75 Å². The lowest BCUT2D eigenvalue weighted by Gasteiger charge is -2.20. The first kappa shape index (κ1) is 14.1. The Morgan fingerprint density at radius 2 is 1.89 bits per heavy atom. The highest BCUT2D eigenvalue weighted by molar-refractivity contribution is 7.98. The SMILES string of the molecule is Cc1nnc(CSc2cc(C(C)(C)C)ccc2C)o1. The van der Waals surface area contributed by atoms with Crippen LogP contribution in [0.25, 0.3) is 0 Å². The van der Waals surface area contributed by atoms with Crippen LogP contribution in [0.3, 0.4) is 0 Å². The monoisotopic (exact) mass is 276 g/mol. The Morgan fingerprint density at radius 3 is 2.47 bits per heavy atom. The van der Waals surface area contributed by atoms with Crippen LogP contribution in [0.1, 0.15) is 43.7 Å². The van der Waals surface area contributed by atoms with Crippen molar-refractivity contribution in [3.63, 3.8) is 0 Å². The van der Waals surface area contributed by atoms with E-state index in [0.29, 0.717) is 11.8 Å². The molecule has 0 spiro atoms. The van der Waals surface area contributed by atoms with Crippen molar-refractivity contribution in [1.29, 1.82) is 0 Å². The number of aromatic nitrogens is 2. The zero-order valence-corrected chi connectivity index (χ0v) is 13.0. The predicted molar refractivity (Wildman–Crippen MR) is 78.5 cm³/mol. The Kier molecular flexibility index (Phi) is 3.99. The molecule has 0 bridgehead atoms. The van der Waals surface area contributed by atoms with Crippen LogP contribution in [0.5, 0.6) is 0 Å². The molecule has 0 N–H and O–H groups in total. The van der Waals surface area contributed by atoms with E-state index in [1.54, 1.807) is 11.8 Å². The highest BCUT2D eigenvalue weighted by Gasteiger charge is 2.15. The van der Waals surface area contributed by atoms with Crippen LogP contribution < -0.4 is 0 Å². The fourth-order valence-electron chi connectivity index (χ4n) is 1.76. The van der Waals surface area contributed by atoms with E-state index in [1.165, 1.54) is 16.0 Å². The fourth-order valence-corrected chi connectivity index (χ4v) is 2.66. The zero-order chi connectivity index (χ0) is 14.0. The number of rotatable bonds is 3. The highest BCUT2D eigenvalue weighted by atomic mass is 32.2. The van der Waals surface area contributed by atoms with Crippen molar-refractivity contribution in [2.75, 3.05) is 0 Å². The molecule has 0 aliphatic carbocycles. The number of thioether (sulfide) groups is 1. The van der Waals surface area contributed by atoms with E-state index in [2.05, 4.69) is 56.1 Å². The summed E-state index contributed by atoms with van der Waals surface area (Å²) in [5.41, 5.74) is 2.81. The third-order valence-corrected chi connectivity index (χ3v) is 4.12. The first-order valence-electron chi connectivity index (χ1n) is 6.39. The second kappa shape index (κ2) is 5.37. The van der Waals surface area contributed by atoms with Crippen molar-refractivity contribution < 1.29 is 4.42 Å². The zero-order valence-electron chi connectivity index (χ0n) is 12.2. The summed E-state index contributed by atoms with van der Waals surface area (Å²) >= 11 is 1.75. The van der Waals surface area contributed by atoms with Crippen molar-refractivity contribution >= 4 is 11.8 Å². The Labute approximate surface area is 118 Å². The van der Waals surface area contributed by atoms with Gasteiger partial charge < -0.3 is 4.42 Å². The van der Waals surface area contributed by atoms with Crippen LogP contribution in [-0.4, -0.2) is 10.2 Å². The third-order valence-electron chi connectivity index (χ3n) is 2.97. The minimum Gasteiger partial charge on any atom is -0.425 e. The molecule has 0 unspecified atom stereocenters. The summed E-state index contributed by atoms with van der Waals surface area (Å²) in [6.07, 6.45) is 0. The van der Waals surface area contributed by atoms with Gasteiger partial charge in [0.1, 0.15) is 0 Å². The average Bonchev–Trinajstić information content (AvgIpc) is 2.72. The summed E-state index contributed by atoms with van der Waals surface area (Å²) in [4.78, 5) is 1.28. The molecule has 2 aromatic rings. The molecule has 0 fully saturated rings. The normalized spacial score (nSPS) is 11.8. The quantitative estimate of drug-likeness (QED) is 0.784. The van der Waals surface area contributed by atoms with Gasteiger partial charge >= 0.3 is 0 Å². The Hall–Kier alpha value is -1.29. The Bertz CT molecular complexity index is 570. The second-order valence-electron chi connectivity index (χ2n) is 5.73.